The van der Waals surface area contributed by atoms with Gasteiger partial charge >= 0.3 is 0 Å². The lowest BCUT2D eigenvalue weighted by Crippen LogP contribution is -1.88. The zero-order chi connectivity index (χ0) is 11.0. The molecule has 0 aliphatic heterocycles. The van der Waals surface area contributed by atoms with Gasteiger partial charge in [-0.3, -0.25) is 4.68 Å². The van der Waals surface area contributed by atoms with Crippen molar-refractivity contribution in [2.75, 3.05) is 0 Å². The number of aryl methyl sites for hydroxylation is 2. The summed E-state index contributed by atoms with van der Waals surface area (Å²) in [6.07, 6.45) is 3.25. The lowest BCUT2D eigenvalue weighted by molar-refractivity contribution is 0.202. The van der Waals surface area contributed by atoms with E-state index in [-0.39, 0.29) is 0 Å². The largest absolute Gasteiger partial charge is 0.388 e. The third-order valence-corrected chi connectivity index (χ3v) is 3.54. The Morgan fingerprint density at radius 2 is 2.27 bits per heavy atom. The monoisotopic (exact) mass is 223 g/mol. The predicted molar refractivity (Wildman–Crippen MR) is 59.7 cm³/mol. The minimum atomic E-state index is -0.451. The molecule has 0 fully saturated rings. The molecule has 0 saturated heterocycles. The van der Waals surface area contributed by atoms with E-state index in [1.54, 1.807) is 17.8 Å². The van der Waals surface area contributed by atoms with Crippen LogP contribution in [0.25, 0.3) is 10.6 Å². The van der Waals surface area contributed by atoms with Crippen LogP contribution >= 0.6 is 11.3 Å². The minimum Gasteiger partial charge on any atom is -0.388 e. The van der Waals surface area contributed by atoms with Crippen LogP contribution in [0.2, 0.25) is 0 Å². The fraction of sp³-hybridized carbons (Fsp3) is 0.400. The van der Waals surface area contributed by atoms with Crippen LogP contribution in [-0.4, -0.2) is 19.9 Å². The molecule has 80 valence electrons. The first-order valence-corrected chi connectivity index (χ1v) is 5.54. The van der Waals surface area contributed by atoms with Gasteiger partial charge in [0, 0.05) is 18.8 Å². The Labute approximate surface area is 92.2 Å². The summed E-state index contributed by atoms with van der Waals surface area (Å²) in [6, 6.07) is 0. The molecule has 2 heterocycles. The van der Waals surface area contributed by atoms with Crippen LogP contribution < -0.4 is 0 Å². The van der Waals surface area contributed by atoms with Crippen molar-refractivity contribution in [1.82, 2.24) is 14.8 Å². The summed E-state index contributed by atoms with van der Waals surface area (Å²) in [4.78, 5) is 5.35. The molecular formula is C10H13N3OS. The maximum Gasteiger partial charge on any atom is 0.127 e. The molecule has 0 radical (unpaired) electrons. The van der Waals surface area contributed by atoms with Crippen LogP contribution in [0.4, 0.5) is 0 Å². The van der Waals surface area contributed by atoms with Crippen LogP contribution in [0.5, 0.6) is 0 Å². The standard InChI is InChI=1S/C10H13N3OS/c1-6-9(7(2)14)15-10(12-6)8-4-11-13(3)5-8/h4-5,7,14H,1-3H3. The molecule has 1 unspecified atom stereocenters. The number of aromatic nitrogens is 3. The highest BCUT2D eigenvalue weighted by Gasteiger charge is 2.13. The number of nitrogens with zero attached hydrogens (tertiary/aromatic N) is 3. The summed E-state index contributed by atoms with van der Waals surface area (Å²) < 4.78 is 1.74. The van der Waals surface area contributed by atoms with E-state index in [9.17, 15) is 5.11 Å². The first kappa shape index (κ1) is 10.3. The Balaban J connectivity index is 2.42. The molecule has 1 atom stereocenters. The highest BCUT2D eigenvalue weighted by atomic mass is 32.1. The van der Waals surface area contributed by atoms with Crippen LogP contribution in [-0.2, 0) is 7.05 Å². The second kappa shape index (κ2) is 3.75. The topological polar surface area (TPSA) is 50.9 Å². The summed E-state index contributed by atoms with van der Waals surface area (Å²) >= 11 is 1.52. The lowest BCUT2D eigenvalue weighted by Gasteiger charge is -1.98. The molecule has 0 saturated carbocycles. The van der Waals surface area contributed by atoms with Crippen molar-refractivity contribution in [2.45, 2.75) is 20.0 Å². The van der Waals surface area contributed by atoms with Gasteiger partial charge in [-0.05, 0) is 13.8 Å². The van der Waals surface area contributed by atoms with Gasteiger partial charge in [0.1, 0.15) is 5.01 Å². The molecule has 15 heavy (non-hydrogen) atoms. The molecule has 0 bridgehead atoms. The van der Waals surface area contributed by atoms with Gasteiger partial charge in [0.2, 0.25) is 0 Å². The first-order valence-electron chi connectivity index (χ1n) is 4.72. The van der Waals surface area contributed by atoms with Gasteiger partial charge in [-0.25, -0.2) is 4.98 Å². The average molecular weight is 223 g/mol. The second-order valence-corrected chi connectivity index (χ2v) is 4.58. The molecule has 0 aromatic carbocycles. The van der Waals surface area contributed by atoms with Crippen molar-refractivity contribution in [3.05, 3.63) is 23.0 Å². The predicted octanol–water partition coefficient (Wildman–Crippen LogP) is 1.91. The molecule has 4 nitrogen and oxygen atoms in total. The molecule has 1 N–H and O–H groups in total. The average Bonchev–Trinajstić information content (AvgIpc) is 2.71. The van der Waals surface area contributed by atoms with Gasteiger partial charge in [0.05, 0.1) is 22.9 Å². The van der Waals surface area contributed by atoms with Crippen molar-refractivity contribution >= 4 is 11.3 Å². The number of aliphatic hydroxyl groups excluding tert-OH is 1. The second-order valence-electron chi connectivity index (χ2n) is 3.55. The molecule has 0 amide bonds. The van der Waals surface area contributed by atoms with Gasteiger partial charge < -0.3 is 5.11 Å². The lowest BCUT2D eigenvalue weighted by atomic mass is 10.3. The van der Waals surface area contributed by atoms with Gasteiger partial charge in [-0.15, -0.1) is 11.3 Å². The number of thiazole rings is 1. The molecule has 2 aromatic rings. The van der Waals surface area contributed by atoms with Crippen molar-refractivity contribution in [3.8, 4) is 10.6 Å². The van der Waals surface area contributed by atoms with E-state index < -0.39 is 6.10 Å². The zero-order valence-corrected chi connectivity index (χ0v) is 9.75. The SMILES string of the molecule is Cc1nc(-c2cnn(C)c2)sc1C(C)O. The normalized spacial score (nSPS) is 13.1. The molecule has 0 aliphatic carbocycles. The van der Waals surface area contributed by atoms with Crippen LogP contribution in [0.3, 0.4) is 0 Å². The van der Waals surface area contributed by atoms with Crippen LogP contribution in [0, 0.1) is 6.92 Å². The molecule has 0 spiro atoms. The van der Waals surface area contributed by atoms with Crippen LogP contribution in [0.1, 0.15) is 23.6 Å². The maximum atomic E-state index is 9.52. The Kier molecular flexibility index (Phi) is 2.58. The Hall–Kier alpha value is -1.20. The van der Waals surface area contributed by atoms with E-state index in [2.05, 4.69) is 10.1 Å². The fourth-order valence-electron chi connectivity index (χ4n) is 1.45. The fourth-order valence-corrected chi connectivity index (χ4v) is 2.43. The number of hydrogen-bond acceptors (Lipinski definition) is 4. The Bertz CT molecular complexity index is 473. The van der Waals surface area contributed by atoms with E-state index >= 15 is 0 Å². The van der Waals surface area contributed by atoms with E-state index in [0.29, 0.717) is 0 Å². The molecule has 5 heteroatoms. The van der Waals surface area contributed by atoms with E-state index in [1.807, 2.05) is 20.2 Å². The van der Waals surface area contributed by atoms with E-state index in [1.165, 1.54) is 11.3 Å². The zero-order valence-electron chi connectivity index (χ0n) is 8.93. The highest BCUT2D eigenvalue weighted by molar-refractivity contribution is 7.15. The van der Waals surface area contributed by atoms with Gasteiger partial charge in [-0.1, -0.05) is 0 Å². The summed E-state index contributed by atoms with van der Waals surface area (Å²) in [6.45, 7) is 3.67. The van der Waals surface area contributed by atoms with Crippen molar-refractivity contribution in [2.24, 2.45) is 7.05 Å². The first-order chi connectivity index (χ1) is 7.08. The molecular weight excluding hydrogens is 210 g/mol. The maximum absolute atomic E-state index is 9.52. The van der Waals surface area contributed by atoms with E-state index in [4.69, 9.17) is 0 Å². The van der Waals surface area contributed by atoms with Crippen molar-refractivity contribution in [3.63, 3.8) is 0 Å². The van der Waals surface area contributed by atoms with Gasteiger partial charge in [0.15, 0.2) is 0 Å². The Morgan fingerprint density at radius 3 is 2.73 bits per heavy atom. The van der Waals surface area contributed by atoms with Crippen LogP contribution in [0.15, 0.2) is 12.4 Å². The molecule has 2 rings (SSSR count). The number of rotatable bonds is 2. The number of aliphatic hydroxyl groups is 1. The summed E-state index contributed by atoms with van der Waals surface area (Å²) in [5.41, 5.74) is 1.89. The summed E-state index contributed by atoms with van der Waals surface area (Å²) in [5.74, 6) is 0. The minimum absolute atomic E-state index is 0.451. The summed E-state index contributed by atoms with van der Waals surface area (Å²) in [7, 11) is 1.87. The third kappa shape index (κ3) is 1.93. The van der Waals surface area contributed by atoms with Crippen molar-refractivity contribution in [1.29, 1.82) is 0 Å². The van der Waals surface area contributed by atoms with Gasteiger partial charge in [0.25, 0.3) is 0 Å². The Morgan fingerprint density at radius 1 is 1.53 bits per heavy atom. The molecule has 0 aliphatic rings. The van der Waals surface area contributed by atoms with E-state index in [0.717, 1.165) is 21.1 Å². The third-order valence-electron chi connectivity index (χ3n) is 2.16. The molecule has 2 aromatic heterocycles. The quantitative estimate of drug-likeness (QED) is 0.846. The number of hydrogen-bond donors (Lipinski definition) is 1. The van der Waals surface area contributed by atoms with Gasteiger partial charge in [-0.2, -0.15) is 5.10 Å². The van der Waals surface area contributed by atoms with Crippen molar-refractivity contribution < 1.29 is 5.11 Å². The highest BCUT2D eigenvalue weighted by Crippen LogP contribution is 2.31. The summed E-state index contributed by atoms with van der Waals surface area (Å²) in [5, 5.41) is 14.5. The smallest absolute Gasteiger partial charge is 0.127 e.